The molecule has 0 heterocycles. The lowest BCUT2D eigenvalue weighted by atomic mass is 10.2. The Hall–Kier alpha value is -0.340. The van der Waals surface area contributed by atoms with Gasteiger partial charge in [0.2, 0.25) is 0 Å². The molecule has 0 spiro atoms. The smallest absolute Gasteiger partial charge is 0.207 e. The van der Waals surface area contributed by atoms with Gasteiger partial charge in [0.05, 0.1) is 10.0 Å². The van der Waals surface area contributed by atoms with Crippen LogP contribution >= 0.6 is 26.6 Å². The Balaban J connectivity index is 3.59. The van der Waals surface area contributed by atoms with E-state index in [0.29, 0.717) is 6.07 Å². The maximum atomic E-state index is 13.2. The summed E-state index contributed by atoms with van der Waals surface area (Å²) in [5.41, 5.74) is -1.31. The molecule has 1 aromatic carbocycles. The van der Waals surface area contributed by atoms with Gasteiger partial charge in [0, 0.05) is 10.7 Å². The summed E-state index contributed by atoms with van der Waals surface area (Å²) < 4.78 is 71.1. The van der Waals surface area contributed by atoms with E-state index in [4.69, 9.17) is 10.7 Å². The molecule has 0 aromatic heterocycles. The molecule has 1 rings (SSSR count). The molecule has 0 aliphatic rings. The third-order valence-corrected chi connectivity index (χ3v) is 3.48. The van der Waals surface area contributed by atoms with Crippen LogP contribution in [0.5, 0.6) is 0 Å². The fourth-order valence-electron chi connectivity index (χ4n) is 0.905. The van der Waals surface area contributed by atoms with Gasteiger partial charge in [0.25, 0.3) is 9.05 Å². The second-order valence-corrected chi connectivity index (χ2v) is 6.09. The quantitative estimate of drug-likeness (QED) is 0.578. The van der Waals surface area contributed by atoms with Gasteiger partial charge in [-0.15, -0.1) is 0 Å². The minimum absolute atomic E-state index is 0.141. The van der Waals surface area contributed by atoms with Crippen LogP contribution in [-0.2, 0) is 15.2 Å². The summed E-state index contributed by atoms with van der Waals surface area (Å²) in [5.74, 6) is -1.36. The molecule has 0 atom stereocenters. The summed E-state index contributed by atoms with van der Waals surface area (Å²) in [6.45, 7) is 0. The van der Waals surface area contributed by atoms with E-state index < -0.39 is 36.0 Å². The van der Waals surface area contributed by atoms with Gasteiger partial charge in [0.15, 0.2) is 5.82 Å². The SMILES string of the molecule is O=S(=O)(Cl)c1cc(C(F)(F)F)cc(Br)c1F. The van der Waals surface area contributed by atoms with Gasteiger partial charge in [-0.1, -0.05) is 0 Å². The topological polar surface area (TPSA) is 34.1 Å². The minimum Gasteiger partial charge on any atom is -0.207 e. The molecule has 0 fully saturated rings. The average Bonchev–Trinajstić information content (AvgIpc) is 2.05. The lowest BCUT2D eigenvalue weighted by Crippen LogP contribution is -2.08. The van der Waals surface area contributed by atoms with Gasteiger partial charge in [-0.25, -0.2) is 12.8 Å². The zero-order valence-corrected chi connectivity index (χ0v) is 10.3. The Bertz CT molecular complexity index is 526. The second-order valence-electron chi connectivity index (χ2n) is 2.71. The van der Waals surface area contributed by atoms with E-state index in [2.05, 4.69) is 15.9 Å². The van der Waals surface area contributed by atoms with Crippen LogP contribution in [0, 0.1) is 5.82 Å². The van der Waals surface area contributed by atoms with Gasteiger partial charge in [-0.2, -0.15) is 13.2 Å². The van der Waals surface area contributed by atoms with Gasteiger partial charge in [-0.05, 0) is 28.1 Å². The molecular formula is C7H2BrClF4O2S. The Morgan fingerprint density at radius 1 is 1.25 bits per heavy atom. The van der Waals surface area contributed by atoms with E-state index >= 15 is 0 Å². The number of hydrogen-bond acceptors (Lipinski definition) is 2. The fourth-order valence-corrected chi connectivity index (χ4v) is 2.42. The Kier molecular flexibility index (Phi) is 3.56. The molecule has 0 N–H and O–H groups in total. The highest BCUT2D eigenvalue weighted by molar-refractivity contribution is 9.10. The molecule has 0 saturated heterocycles. The summed E-state index contributed by atoms with van der Waals surface area (Å²) in [5, 5.41) is 0. The van der Waals surface area contributed by atoms with Crippen LogP contribution in [0.25, 0.3) is 0 Å². The minimum atomic E-state index is -4.79. The van der Waals surface area contributed by atoms with Crippen molar-refractivity contribution >= 4 is 35.7 Å². The highest BCUT2D eigenvalue weighted by Gasteiger charge is 2.34. The van der Waals surface area contributed by atoms with Crippen LogP contribution in [-0.4, -0.2) is 8.42 Å². The fraction of sp³-hybridized carbons (Fsp3) is 0.143. The summed E-state index contributed by atoms with van der Waals surface area (Å²) >= 11 is 2.48. The molecule has 0 unspecified atom stereocenters. The van der Waals surface area contributed by atoms with Crippen molar-refractivity contribution < 1.29 is 26.0 Å². The number of rotatable bonds is 1. The Morgan fingerprint density at radius 2 is 1.75 bits per heavy atom. The number of halogens is 6. The van der Waals surface area contributed by atoms with E-state index in [0.717, 1.165) is 0 Å². The van der Waals surface area contributed by atoms with Crippen molar-refractivity contribution in [2.24, 2.45) is 0 Å². The molecule has 0 saturated carbocycles. The molecule has 0 bridgehead atoms. The van der Waals surface area contributed by atoms with Crippen LogP contribution in [0.3, 0.4) is 0 Å². The normalized spacial score (nSPS) is 12.9. The largest absolute Gasteiger partial charge is 0.416 e. The average molecular weight is 342 g/mol. The Labute approximate surface area is 101 Å². The molecule has 1 aromatic rings. The number of benzene rings is 1. The van der Waals surface area contributed by atoms with Crippen molar-refractivity contribution in [1.82, 2.24) is 0 Å². The zero-order chi connectivity index (χ0) is 12.7. The monoisotopic (exact) mass is 340 g/mol. The first-order valence-corrected chi connectivity index (χ1v) is 6.64. The predicted octanol–water partition coefficient (Wildman–Crippen LogP) is 3.53. The highest BCUT2D eigenvalue weighted by Crippen LogP contribution is 2.35. The number of hydrogen-bond donors (Lipinski definition) is 0. The highest BCUT2D eigenvalue weighted by atomic mass is 79.9. The first-order valence-electron chi connectivity index (χ1n) is 3.54. The number of alkyl halides is 3. The lowest BCUT2D eigenvalue weighted by Gasteiger charge is -2.09. The zero-order valence-electron chi connectivity index (χ0n) is 7.15. The molecule has 0 aliphatic heterocycles. The van der Waals surface area contributed by atoms with Crippen molar-refractivity contribution in [2.75, 3.05) is 0 Å². The van der Waals surface area contributed by atoms with Crippen molar-refractivity contribution in [2.45, 2.75) is 11.1 Å². The summed E-state index contributed by atoms with van der Waals surface area (Å²) in [7, 11) is 0.230. The van der Waals surface area contributed by atoms with Crippen LogP contribution in [0.1, 0.15) is 5.56 Å². The maximum Gasteiger partial charge on any atom is 0.416 e. The Morgan fingerprint density at radius 3 is 2.12 bits per heavy atom. The molecule has 0 aliphatic carbocycles. The van der Waals surface area contributed by atoms with Gasteiger partial charge in [-0.3, -0.25) is 0 Å². The standard InChI is InChI=1S/C7H2BrClF4O2S/c8-4-1-3(7(11,12)13)2-5(6(4)10)16(9,14)15/h1-2H. The predicted molar refractivity (Wildman–Crippen MR) is 52.1 cm³/mol. The van der Waals surface area contributed by atoms with Crippen LogP contribution in [0.15, 0.2) is 21.5 Å². The lowest BCUT2D eigenvalue weighted by molar-refractivity contribution is -0.137. The molecule has 0 amide bonds. The van der Waals surface area contributed by atoms with Gasteiger partial charge in [0.1, 0.15) is 4.90 Å². The van der Waals surface area contributed by atoms with Crippen molar-refractivity contribution in [3.05, 3.63) is 28.0 Å². The van der Waals surface area contributed by atoms with E-state index in [-0.39, 0.29) is 6.07 Å². The van der Waals surface area contributed by atoms with Gasteiger partial charge >= 0.3 is 6.18 Å². The summed E-state index contributed by atoms with van der Waals surface area (Å²) in [6.07, 6.45) is -4.79. The maximum absolute atomic E-state index is 13.2. The summed E-state index contributed by atoms with van der Waals surface area (Å²) in [4.78, 5) is -1.21. The van der Waals surface area contributed by atoms with Crippen molar-refractivity contribution in [3.63, 3.8) is 0 Å². The third-order valence-electron chi connectivity index (χ3n) is 1.58. The van der Waals surface area contributed by atoms with E-state index in [1.54, 1.807) is 0 Å². The van der Waals surface area contributed by atoms with Gasteiger partial charge < -0.3 is 0 Å². The van der Waals surface area contributed by atoms with Crippen LogP contribution in [0.4, 0.5) is 17.6 Å². The second kappa shape index (κ2) is 4.15. The molecule has 2 nitrogen and oxygen atoms in total. The molecule has 0 radical (unpaired) electrons. The molecule has 9 heteroatoms. The molecule has 90 valence electrons. The van der Waals surface area contributed by atoms with Crippen molar-refractivity contribution in [1.29, 1.82) is 0 Å². The van der Waals surface area contributed by atoms with E-state index in [9.17, 15) is 26.0 Å². The molecular weight excluding hydrogens is 339 g/mol. The first kappa shape index (κ1) is 13.7. The third kappa shape index (κ3) is 2.86. The van der Waals surface area contributed by atoms with E-state index in [1.165, 1.54) is 0 Å². The van der Waals surface area contributed by atoms with Crippen molar-refractivity contribution in [3.8, 4) is 0 Å². The van der Waals surface area contributed by atoms with E-state index in [1.807, 2.05) is 0 Å². The first-order chi connectivity index (χ1) is 7.03. The molecule has 16 heavy (non-hydrogen) atoms. The van der Waals surface area contributed by atoms with Crippen LogP contribution < -0.4 is 0 Å². The summed E-state index contributed by atoms with van der Waals surface area (Å²) in [6, 6.07) is 0.573. The van der Waals surface area contributed by atoms with Crippen LogP contribution in [0.2, 0.25) is 0 Å².